The van der Waals surface area contributed by atoms with Gasteiger partial charge in [0.2, 0.25) is 0 Å². The van der Waals surface area contributed by atoms with Crippen molar-refractivity contribution in [2.75, 3.05) is 0 Å². The largest absolute Gasteiger partial charge is 0.257 e. The third-order valence-corrected chi connectivity index (χ3v) is 10.8. The highest BCUT2D eigenvalue weighted by molar-refractivity contribution is 7.46. The lowest BCUT2D eigenvalue weighted by molar-refractivity contribution is 0.781. The first kappa shape index (κ1) is 10.3. The van der Waals surface area contributed by atoms with E-state index in [2.05, 4.69) is 0 Å². The van der Waals surface area contributed by atoms with E-state index < -0.39 is 6.69 Å². The molecule has 2 rings (SSSR count). The third-order valence-electron chi connectivity index (χ3n) is 3.80. The van der Waals surface area contributed by atoms with E-state index >= 15 is 0 Å². The average Bonchev–Trinajstić information content (AvgIpc) is 2.78. The normalized spacial score (nSPS) is 27.2. The molecule has 0 spiro atoms. The highest BCUT2D eigenvalue weighted by atomic mass is 35.7. The summed E-state index contributed by atoms with van der Waals surface area (Å²) in [7, 11) is 0. The fraction of sp³-hybridized carbons (Fsp3) is 1.00. The van der Waals surface area contributed by atoms with Crippen LogP contribution in [0.4, 0.5) is 0 Å². The molecule has 0 aromatic carbocycles. The molecule has 76 valence electrons. The SMILES string of the molecule is Cl[Si](Cl)(C1CCCC1)C1CCCC1. The van der Waals surface area contributed by atoms with Gasteiger partial charge in [0.05, 0.1) is 0 Å². The van der Waals surface area contributed by atoms with E-state index in [1.54, 1.807) is 0 Å². The predicted octanol–water partition coefficient (Wildman–Crippen LogP) is 4.79. The second kappa shape index (κ2) is 4.12. The van der Waals surface area contributed by atoms with Gasteiger partial charge >= 0.3 is 0 Å². The third kappa shape index (κ3) is 2.08. The smallest absolute Gasteiger partial charge is 0.145 e. The van der Waals surface area contributed by atoms with Gasteiger partial charge in [0.25, 0.3) is 6.69 Å². The van der Waals surface area contributed by atoms with Crippen LogP contribution in [0.1, 0.15) is 51.4 Å². The Morgan fingerprint density at radius 1 is 0.692 bits per heavy atom. The molecular weight excluding hydrogens is 219 g/mol. The van der Waals surface area contributed by atoms with Crippen LogP contribution >= 0.6 is 22.2 Å². The molecule has 2 saturated carbocycles. The Kier molecular flexibility index (Phi) is 3.27. The molecule has 0 unspecified atom stereocenters. The maximum Gasteiger partial charge on any atom is 0.257 e. The van der Waals surface area contributed by atoms with Crippen molar-refractivity contribution in [3.63, 3.8) is 0 Å². The zero-order valence-electron chi connectivity index (χ0n) is 8.07. The van der Waals surface area contributed by atoms with E-state index in [0.29, 0.717) is 0 Å². The number of halogens is 2. The molecule has 0 aromatic heterocycles. The van der Waals surface area contributed by atoms with Crippen LogP contribution in [0.5, 0.6) is 0 Å². The molecule has 2 aliphatic carbocycles. The Morgan fingerprint density at radius 2 is 1.00 bits per heavy atom. The van der Waals surface area contributed by atoms with Crippen LogP contribution < -0.4 is 0 Å². The lowest BCUT2D eigenvalue weighted by Gasteiger charge is -2.29. The molecule has 0 amide bonds. The van der Waals surface area contributed by atoms with Crippen LogP contribution in [0.25, 0.3) is 0 Å². The molecule has 2 aliphatic rings. The molecule has 0 heterocycles. The average molecular weight is 237 g/mol. The lowest BCUT2D eigenvalue weighted by atomic mass is 10.3. The molecule has 13 heavy (non-hydrogen) atoms. The summed E-state index contributed by atoms with van der Waals surface area (Å²) >= 11 is 13.3. The van der Waals surface area contributed by atoms with Crippen LogP contribution in [0.2, 0.25) is 11.1 Å². The fourth-order valence-electron chi connectivity index (χ4n) is 2.95. The Hall–Kier alpha value is 0.797. The molecule has 0 atom stereocenters. The molecule has 3 heteroatoms. The zero-order chi connectivity index (χ0) is 9.31. The molecule has 0 aliphatic heterocycles. The molecule has 0 aromatic rings. The minimum absolute atomic E-state index is 0.721. The standard InChI is InChI=1S/C10H18Cl2Si/c11-13(12,9-5-1-2-6-9)10-7-3-4-8-10/h9-10H,1-8H2. The highest BCUT2D eigenvalue weighted by Crippen LogP contribution is 2.53. The van der Waals surface area contributed by atoms with Gasteiger partial charge in [0.1, 0.15) is 0 Å². The summed E-state index contributed by atoms with van der Waals surface area (Å²) in [5, 5.41) is 0. The van der Waals surface area contributed by atoms with Crippen molar-refractivity contribution >= 4 is 28.9 Å². The Balaban J connectivity index is 1.99. The zero-order valence-corrected chi connectivity index (χ0v) is 10.6. The Bertz CT molecular complexity index is 152. The molecule has 0 saturated heterocycles. The molecule has 2 fully saturated rings. The quantitative estimate of drug-likeness (QED) is 0.478. The van der Waals surface area contributed by atoms with Crippen LogP contribution in [0.15, 0.2) is 0 Å². The predicted molar refractivity (Wildman–Crippen MR) is 61.9 cm³/mol. The lowest BCUT2D eigenvalue weighted by Crippen LogP contribution is -2.30. The van der Waals surface area contributed by atoms with E-state index in [-0.39, 0.29) is 0 Å². The first-order valence-electron chi connectivity index (χ1n) is 5.59. The summed E-state index contributed by atoms with van der Waals surface area (Å²) in [4.78, 5) is 0. The van der Waals surface area contributed by atoms with Crippen molar-refractivity contribution in [1.29, 1.82) is 0 Å². The number of hydrogen-bond acceptors (Lipinski definition) is 0. The molecule has 0 bridgehead atoms. The van der Waals surface area contributed by atoms with Gasteiger partial charge in [-0.2, -0.15) is 0 Å². The van der Waals surface area contributed by atoms with Crippen molar-refractivity contribution in [3.05, 3.63) is 0 Å². The second-order valence-electron chi connectivity index (χ2n) is 4.64. The van der Waals surface area contributed by atoms with Crippen molar-refractivity contribution in [2.24, 2.45) is 0 Å². The Labute approximate surface area is 91.4 Å². The van der Waals surface area contributed by atoms with Crippen LogP contribution in [-0.2, 0) is 0 Å². The van der Waals surface area contributed by atoms with Gasteiger partial charge in [-0.1, -0.05) is 51.4 Å². The van der Waals surface area contributed by atoms with Crippen LogP contribution in [0, 0.1) is 0 Å². The summed E-state index contributed by atoms with van der Waals surface area (Å²) in [5.41, 5.74) is 1.44. The van der Waals surface area contributed by atoms with Gasteiger partial charge in [-0.15, -0.1) is 22.2 Å². The van der Waals surface area contributed by atoms with Crippen LogP contribution in [0.3, 0.4) is 0 Å². The second-order valence-corrected chi connectivity index (χ2v) is 12.0. The highest BCUT2D eigenvalue weighted by Gasteiger charge is 2.47. The molecule has 0 N–H and O–H groups in total. The van der Waals surface area contributed by atoms with Gasteiger partial charge in [-0.05, 0) is 11.1 Å². The van der Waals surface area contributed by atoms with Gasteiger partial charge in [0, 0.05) is 0 Å². The summed E-state index contributed by atoms with van der Waals surface area (Å²) in [6.45, 7) is -1.89. The van der Waals surface area contributed by atoms with E-state index in [1.165, 1.54) is 51.4 Å². The molecular formula is C10H18Cl2Si. The van der Waals surface area contributed by atoms with Crippen molar-refractivity contribution in [3.8, 4) is 0 Å². The maximum absolute atomic E-state index is 6.65. The maximum atomic E-state index is 6.65. The van der Waals surface area contributed by atoms with Gasteiger partial charge in [-0.25, -0.2) is 0 Å². The number of hydrogen-bond donors (Lipinski definition) is 0. The summed E-state index contributed by atoms with van der Waals surface area (Å²) in [5.74, 6) is 0. The fourth-order valence-corrected chi connectivity index (χ4v) is 8.60. The van der Waals surface area contributed by atoms with Crippen molar-refractivity contribution in [1.82, 2.24) is 0 Å². The van der Waals surface area contributed by atoms with Crippen molar-refractivity contribution < 1.29 is 0 Å². The van der Waals surface area contributed by atoms with E-state index in [9.17, 15) is 0 Å². The minimum Gasteiger partial charge on any atom is -0.145 e. The van der Waals surface area contributed by atoms with Gasteiger partial charge in [-0.3, -0.25) is 0 Å². The van der Waals surface area contributed by atoms with Gasteiger partial charge in [0.15, 0.2) is 0 Å². The first-order valence-corrected chi connectivity index (χ1v) is 9.77. The minimum atomic E-state index is -1.89. The van der Waals surface area contributed by atoms with E-state index in [0.717, 1.165) is 11.1 Å². The van der Waals surface area contributed by atoms with Crippen LogP contribution in [-0.4, -0.2) is 6.69 Å². The molecule has 0 radical (unpaired) electrons. The summed E-state index contributed by atoms with van der Waals surface area (Å²) in [6.07, 6.45) is 10.7. The monoisotopic (exact) mass is 236 g/mol. The van der Waals surface area contributed by atoms with E-state index in [1.807, 2.05) is 0 Å². The van der Waals surface area contributed by atoms with Crippen molar-refractivity contribution in [2.45, 2.75) is 62.4 Å². The van der Waals surface area contributed by atoms with Gasteiger partial charge < -0.3 is 0 Å². The topological polar surface area (TPSA) is 0 Å². The first-order chi connectivity index (χ1) is 6.21. The Morgan fingerprint density at radius 3 is 1.31 bits per heavy atom. The molecule has 0 nitrogen and oxygen atoms in total. The summed E-state index contributed by atoms with van der Waals surface area (Å²) in [6, 6.07) is 0. The summed E-state index contributed by atoms with van der Waals surface area (Å²) < 4.78 is 0. The number of rotatable bonds is 2. The van der Waals surface area contributed by atoms with E-state index in [4.69, 9.17) is 22.2 Å².